The fourth-order valence-corrected chi connectivity index (χ4v) is 2.99. The molecule has 0 bridgehead atoms. The van der Waals surface area contributed by atoms with Gasteiger partial charge in [-0.25, -0.2) is 0 Å². The Morgan fingerprint density at radius 3 is 2.66 bits per heavy atom. The van der Waals surface area contributed by atoms with Crippen molar-refractivity contribution in [3.05, 3.63) is 77.0 Å². The first-order valence-corrected chi connectivity index (χ1v) is 8.97. The number of aromatic amines is 1. The minimum atomic E-state index is -4.39. The third-order valence-corrected chi connectivity index (χ3v) is 4.38. The van der Waals surface area contributed by atoms with Crippen molar-refractivity contribution in [3.8, 4) is 5.75 Å². The van der Waals surface area contributed by atoms with E-state index in [1.54, 1.807) is 37.4 Å². The van der Waals surface area contributed by atoms with Crippen LogP contribution in [0.4, 0.5) is 19.0 Å². The molecule has 0 radical (unpaired) electrons. The lowest BCUT2D eigenvalue weighted by molar-refractivity contribution is -0.138. The van der Waals surface area contributed by atoms with Gasteiger partial charge in [0.2, 0.25) is 5.91 Å². The molecule has 0 aliphatic carbocycles. The molecule has 1 aromatic heterocycles. The highest BCUT2D eigenvalue weighted by molar-refractivity contribution is 5.91. The number of aryl methyl sites for hydroxylation is 2. The van der Waals surface area contributed by atoms with E-state index >= 15 is 0 Å². The first kappa shape index (κ1) is 20.4. The lowest BCUT2D eigenvalue weighted by Crippen LogP contribution is -2.14. The number of aromatic nitrogens is 2. The molecule has 1 amide bonds. The van der Waals surface area contributed by atoms with Crippen molar-refractivity contribution in [1.29, 1.82) is 0 Å². The second-order valence-corrected chi connectivity index (χ2v) is 6.51. The summed E-state index contributed by atoms with van der Waals surface area (Å²) < 4.78 is 44.3. The number of halogens is 3. The SMILES string of the molecule is COc1cccc(CC(=O)Nc2cc(CCc3ccccc3C(F)(F)F)[nH]n2)c1. The van der Waals surface area contributed by atoms with Gasteiger partial charge in [0.15, 0.2) is 5.82 Å². The van der Waals surface area contributed by atoms with E-state index in [1.807, 2.05) is 6.07 Å². The number of rotatable bonds is 7. The summed E-state index contributed by atoms with van der Waals surface area (Å²) in [5, 5.41) is 9.45. The lowest BCUT2D eigenvalue weighted by Gasteiger charge is -2.11. The summed E-state index contributed by atoms with van der Waals surface area (Å²) in [7, 11) is 1.55. The van der Waals surface area contributed by atoms with Gasteiger partial charge in [0.1, 0.15) is 5.75 Å². The molecule has 0 unspecified atom stereocenters. The minimum Gasteiger partial charge on any atom is -0.497 e. The third kappa shape index (κ3) is 5.60. The summed E-state index contributed by atoms with van der Waals surface area (Å²) in [6, 6.07) is 14.3. The maximum atomic E-state index is 13.1. The highest BCUT2D eigenvalue weighted by atomic mass is 19.4. The predicted molar refractivity (Wildman–Crippen MR) is 103 cm³/mol. The van der Waals surface area contributed by atoms with E-state index in [2.05, 4.69) is 15.5 Å². The Morgan fingerprint density at radius 1 is 1.10 bits per heavy atom. The number of hydrogen-bond acceptors (Lipinski definition) is 3. The summed E-state index contributed by atoms with van der Waals surface area (Å²) in [4.78, 5) is 12.2. The van der Waals surface area contributed by atoms with Crippen LogP contribution in [0.3, 0.4) is 0 Å². The number of anilines is 1. The quantitative estimate of drug-likeness (QED) is 0.614. The van der Waals surface area contributed by atoms with Gasteiger partial charge in [-0.2, -0.15) is 18.3 Å². The number of nitrogens with one attached hydrogen (secondary N) is 2. The van der Waals surface area contributed by atoms with Gasteiger partial charge in [0.05, 0.1) is 19.1 Å². The van der Waals surface area contributed by atoms with Crippen molar-refractivity contribution in [2.24, 2.45) is 0 Å². The van der Waals surface area contributed by atoms with E-state index in [0.29, 0.717) is 23.7 Å². The molecule has 152 valence electrons. The zero-order chi connectivity index (χ0) is 20.9. The molecule has 2 N–H and O–H groups in total. The average molecular weight is 403 g/mol. The number of amides is 1. The second-order valence-electron chi connectivity index (χ2n) is 6.51. The largest absolute Gasteiger partial charge is 0.497 e. The number of nitrogens with zero attached hydrogens (tertiary/aromatic N) is 1. The maximum Gasteiger partial charge on any atom is 0.416 e. The van der Waals surface area contributed by atoms with Crippen molar-refractivity contribution >= 4 is 11.7 Å². The van der Waals surface area contributed by atoms with Crippen LogP contribution in [0.15, 0.2) is 54.6 Å². The van der Waals surface area contributed by atoms with E-state index in [0.717, 1.165) is 11.6 Å². The van der Waals surface area contributed by atoms with Crippen LogP contribution < -0.4 is 10.1 Å². The van der Waals surface area contributed by atoms with Crippen LogP contribution in [0.1, 0.15) is 22.4 Å². The first-order valence-electron chi connectivity index (χ1n) is 8.97. The van der Waals surface area contributed by atoms with Gasteiger partial charge in [-0.3, -0.25) is 9.89 Å². The van der Waals surface area contributed by atoms with E-state index in [4.69, 9.17) is 4.74 Å². The summed E-state index contributed by atoms with van der Waals surface area (Å²) in [5.41, 5.74) is 1.02. The summed E-state index contributed by atoms with van der Waals surface area (Å²) >= 11 is 0. The molecule has 0 aliphatic heterocycles. The smallest absolute Gasteiger partial charge is 0.416 e. The van der Waals surface area contributed by atoms with Crippen LogP contribution in [0.5, 0.6) is 5.75 Å². The average Bonchev–Trinajstić information content (AvgIpc) is 3.13. The van der Waals surface area contributed by atoms with Gasteiger partial charge in [-0.15, -0.1) is 0 Å². The predicted octanol–water partition coefficient (Wildman–Crippen LogP) is 4.40. The highest BCUT2D eigenvalue weighted by Gasteiger charge is 2.32. The van der Waals surface area contributed by atoms with E-state index < -0.39 is 11.7 Å². The zero-order valence-corrected chi connectivity index (χ0v) is 15.7. The van der Waals surface area contributed by atoms with Gasteiger partial charge in [-0.05, 0) is 42.2 Å². The molecule has 2 aromatic carbocycles. The number of methoxy groups -OCH3 is 1. The highest BCUT2D eigenvalue weighted by Crippen LogP contribution is 2.32. The Labute approximate surface area is 165 Å². The lowest BCUT2D eigenvalue weighted by atomic mass is 10.0. The van der Waals surface area contributed by atoms with Crippen molar-refractivity contribution in [2.45, 2.75) is 25.4 Å². The fourth-order valence-electron chi connectivity index (χ4n) is 2.99. The Kier molecular flexibility index (Phi) is 6.21. The number of ether oxygens (including phenoxy) is 1. The molecule has 5 nitrogen and oxygen atoms in total. The summed E-state index contributed by atoms with van der Waals surface area (Å²) in [6.07, 6.45) is -3.69. The molecule has 0 saturated carbocycles. The maximum absolute atomic E-state index is 13.1. The molecule has 3 aromatic rings. The molecule has 0 fully saturated rings. The number of benzene rings is 2. The Balaban J connectivity index is 1.58. The monoisotopic (exact) mass is 403 g/mol. The normalized spacial score (nSPS) is 11.3. The van der Waals surface area contributed by atoms with Gasteiger partial charge in [0, 0.05) is 11.8 Å². The van der Waals surface area contributed by atoms with Crippen LogP contribution >= 0.6 is 0 Å². The number of H-pyrrole nitrogens is 1. The molecule has 29 heavy (non-hydrogen) atoms. The standard InChI is InChI=1S/C21H20F3N3O2/c1-29-17-7-4-5-14(11-17)12-20(28)25-19-13-16(26-27-19)10-9-15-6-2-3-8-18(15)21(22,23)24/h2-8,11,13H,9-10,12H2,1H3,(H2,25,26,27,28). The number of carbonyl (C=O) groups is 1. The van der Waals surface area contributed by atoms with Gasteiger partial charge >= 0.3 is 6.18 Å². The molecule has 0 saturated heterocycles. The Morgan fingerprint density at radius 2 is 1.90 bits per heavy atom. The summed E-state index contributed by atoms with van der Waals surface area (Å²) in [5.74, 6) is 0.743. The molecule has 0 spiro atoms. The number of carbonyl (C=O) groups excluding carboxylic acids is 1. The number of alkyl halides is 3. The summed E-state index contributed by atoms with van der Waals surface area (Å²) in [6.45, 7) is 0. The van der Waals surface area contributed by atoms with Crippen LogP contribution in [0.2, 0.25) is 0 Å². The van der Waals surface area contributed by atoms with Gasteiger partial charge in [0.25, 0.3) is 0 Å². The van der Waals surface area contributed by atoms with Gasteiger partial charge in [-0.1, -0.05) is 30.3 Å². The minimum absolute atomic E-state index is 0.151. The molecule has 0 atom stereocenters. The molecular weight excluding hydrogens is 383 g/mol. The van der Waals surface area contributed by atoms with Crippen LogP contribution in [-0.4, -0.2) is 23.2 Å². The van der Waals surface area contributed by atoms with Crippen molar-refractivity contribution < 1.29 is 22.7 Å². The number of hydrogen-bond donors (Lipinski definition) is 2. The van der Waals surface area contributed by atoms with E-state index in [9.17, 15) is 18.0 Å². The Bertz CT molecular complexity index is 983. The van der Waals surface area contributed by atoms with E-state index in [-0.39, 0.29) is 24.3 Å². The zero-order valence-electron chi connectivity index (χ0n) is 15.7. The van der Waals surface area contributed by atoms with Gasteiger partial charge < -0.3 is 10.1 Å². The van der Waals surface area contributed by atoms with Crippen LogP contribution in [0.25, 0.3) is 0 Å². The van der Waals surface area contributed by atoms with E-state index in [1.165, 1.54) is 12.1 Å². The van der Waals surface area contributed by atoms with Crippen molar-refractivity contribution in [1.82, 2.24) is 10.2 Å². The molecular formula is C21H20F3N3O2. The molecule has 3 rings (SSSR count). The van der Waals surface area contributed by atoms with Crippen molar-refractivity contribution in [2.75, 3.05) is 12.4 Å². The van der Waals surface area contributed by atoms with Crippen LogP contribution in [-0.2, 0) is 30.2 Å². The Hall–Kier alpha value is -3.29. The molecule has 0 aliphatic rings. The first-order chi connectivity index (χ1) is 13.8. The van der Waals surface area contributed by atoms with Crippen molar-refractivity contribution in [3.63, 3.8) is 0 Å². The second kappa shape index (κ2) is 8.81. The third-order valence-electron chi connectivity index (χ3n) is 4.38. The molecule has 1 heterocycles. The molecule has 8 heteroatoms. The van der Waals surface area contributed by atoms with Crippen LogP contribution in [0, 0.1) is 0 Å². The fraction of sp³-hybridized carbons (Fsp3) is 0.238. The topological polar surface area (TPSA) is 67.0 Å².